The molecule has 1 aromatic carbocycles. The van der Waals surface area contributed by atoms with Gasteiger partial charge >= 0.3 is 0 Å². The monoisotopic (exact) mass is 242 g/mol. The van der Waals surface area contributed by atoms with Gasteiger partial charge in [-0.15, -0.1) is 0 Å². The van der Waals surface area contributed by atoms with Crippen LogP contribution in [0, 0.1) is 13.8 Å². The third-order valence-electron chi connectivity index (χ3n) is 3.64. The minimum atomic E-state index is 0.408. The summed E-state index contributed by atoms with van der Waals surface area (Å²) in [5, 5.41) is 3.26. The lowest BCUT2D eigenvalue weighted by Crippen LogP contribution is -2.11. The summed E-state index contributed by atoms with van der Waals surface area (Å²) < 4.78 is 2.24. The van der Waals surface area contributed by atoms with E-state index in [1.807, 2.05) is 7.05 Å². The molecule has 2 heteroatoms. The zero-order valence-electron chi connectivity index (χ0n) is 11.7. The Kier molecular flexibility index (Phi) is 3.87. The zero-order chi connectivity index (χ0) is 13.1. The van der Waals surface area contributed by atoms with Crippen LogP contribution >= 0.6 is 0 Å². The maximum atomic E-state index is 3.26. The highest BCUT2D eigenvalue weighted by molar-refractivity contribution is 5.30. The molecular formula is C16H22N2. The van der Waals surface area contributed by atoms with Gasteiger partial charge in [-0.05, 0) is 56.1 Å². The van der Waals surface area contributed by atoms with Crippen molar-refractivity contribution >= 4 is 0 Å². The van der Waals surface area contributed by atoms with Gasteiger partial charge in [0.05, 0.1) is 0 Å². The molecule has 2 aromatic rings. The van der Waals surface area contributed by atoms with Crippen LogP contribution in [0.3, 0.4) is 0 Å². The second-order valence-corrected chi connectivity index (χ2v) is 5.05. The van der Waals surface area contributed by atoms with E-state index in [4.69, 9.17) is 0 Å². The van der Waals surface area contributed by atoms with Crippen molar-refractivity contribution in [1.82, 2.24) is 9.88 Å². The Morgan fingerprint density at radius 1 is 1.17 bits per heavy atom. The first-order chi connectivity index (χ1) is 8.60. The quantitative estimate of drug-likeness (QED) is 0.869. The molecule has 96 valence electrons. The van der Waals surface area contributed by atoms with Crippen molar-refractivity contribution in [2.45, 2.75) is 33.4 Å². The van der Waals surface area contributed by atoms with Gasteiger partial charge in [-0.3, -0.25) is 0 Å². The Bertz CT molecular complexity index is 526. The Morgan fingerprint density at radius 2 is 1.94 bits per heavy atom. The molecule has 1 aromatic heterocycles. The van der Waals surface area contributed by atoms with Crippen LogP contribution in [0.15, 0.2) is 36.7 Å². The number of hydrogen-bond acceptors (Lipinski definition) is 1. The predicted molar refractivity (Wildman–Crippen MR) is 76.9 cm³/mol. The summed E-state index contributed by atoms with van der Waals surface area (Å²) in [4.78, 5) is 0. The average Bonchev–Trinajstić information content (AvgIpc) is 2.81. The van der Waals surface area contributed by atoms with Crippen LogP contribution in [0.4, 0.5) is 0 Å². The second-order valence-electron chi connectivity index (χ2n) is 5.05. The molecule has 2 nitrogen and oxygen atoms in total. The SMILES string of the molecule is CNC(C)c1ccn(Cc2ccc(C)c(C)c2)c1. The molecule has 18 heavy (non-hydrogen) atoms. The van der Waals surface area contributed by atoms with Crippen molar-refractivity contribution in [3.8, 4) is 0 Å². The highest BCUT2D eigenvalue weighted by atomic mass is 14.9. The third kappa shape index (κ3) is 2.82. The lowest BCUT2D eigenvalue weighted by Gasteiger charge is -2.08. The Hall–Kier alpha value is -1.54. The molecule has 1 unspecified atom stereocenters. The summed E-state index contributed by atoms with van der Waals surface area (Å²) in [6.45, 7) is 7.44. The number of nitrogens with zero attached hydrogens (tertiary/aromatic N) is 1. The molecule has 0 aliphatic carbocycles. The van der Waals surface area contributed by atoms with Crippen molar-refractivity contribution in [1.29, 1.82) is 0 Å². The van der Waals surface area contributed by atoms with Crippen LogP contribution < -0.4 is 5.32 Å². The molecule has 0 aliphatic rings. The van der Waals surface area contributed by atoms with Gasteiger partial charge in [-0.25, -0.2) is 0 Å². The highest BCUT2D eigenvalue weighted by Gasteiger charge is 2.04. The summed E-state index contributed by atoms with van der Waals surface area (Å²) in [5.41, 5.74) is 5.41. The molecule has 2 rings (SSSR count). The maximum Gasteiger partial charge on any atom is 0.0470 e. The predicted octanol–water partition coefficient (Wildman–Crippen LogP) is 3.43. The highest BCUT2D eigenvalue weighted by Crippen LogP contribution is 2.15. The van der Waals surface area contributed by atoms with Gasteiger partial charge in [-0.1, -0.05) is 18.2 Å². The molecule has 0 spiro atoms. The van der Waals surface area contributed by atoms with Gasteiger partial charge in [0.1, 0.15) is 0 Å². The Balaban J connectivity index is 2.13. The van der Waals surface area contributed by atoms with Crippen LogP contribution in [0.25, 0.3) is 0 Å². The third-order valence-corrected chi connectivity index (χ3v) is 3.64. The van der Waals surface area contributed by atoms with Crippen molar-refractivity contribution in [3.63, 3.8) is 0 Å². The topological polar surface area (TPSA) is 17.0 Å². The van der Waals surface area contributed by atoms with Gasteiger partial charge in [0.25, 0.3) is 0 Å². The summed E-state index contributed by atoms with van der Waals surface area (Å²) in [6.07, 6.45) is 4.37. The standard InChI is InChI=1S/C16H22N2/c1-12-5-6-15(9-13(12)2)10-18-8-7-16(11-18)14(3)17-4/h5-9,11,14,17H,10H2,1-4H3. The fourth-order valence-corrected chi connectivity index (χ4v) is 2.09. The molecule has 0 fully saturated rings. The van der Waals surface area contributed by atoms with E-state index >= 15 is 0 Å². The lowest BCUT2D eigenvalue weighted by molar-refractivity contribution is 0.649. The van der Waals surface area contributed by atoms with E-state index in [1.54, 1.807) is 0 Å². The first-order valence-corrected chi connectivity index (χ1v) is 6.49. The minimum Gasteiger partial charge on any atom is -0.350 e. The number of hydrogen-bond donors (Lipinski definition) is 1. The molecule has 1 atom stereocenters. The van der Waals surface area contributed by atoms with E-state index < -0.39 is 0 Å². The molecule has 0 radical (unpaired) electrons. The molecule has 1 N–H and O–H groups in total. The number of aryl methyl sites for hydroxylation is 2. The zero-order valence-corrected chi connectivity index (χ0v) is 11.7. The molecule has 0 bridgehead atoms. The van der Waals surface area contributed by atoms with Crippen molar-refractivity contribution < 1.29 is 0 Å². The van der Waals surface area contributed by atoms with Gasteiger partial charge in [-0.2, -0.15) is 0 Å². The Morgan fingerprint density at radius 3 is 2.61 bits per heavy atom. The lowest BCUT2D eigenvalue weighted by atomic mass is 10.1. The fraction of sp³-hybridized carbons (Fsp3) is 0.375. The van der Waals surface area contributed by atoms with Crippen LogP contribution in [-0.4, -0.2) is 11.6 Å². The van der Waals surface area contributed by atoms with Crippen molar-refractivity contribution in [2.24, 2.45) is 0 Å². The fourth-order valence-electron chi connectivity index (χ4n) is 2.09. The Labute approximate surface area is 110 Å². The smallest absolute Gasteiger partial charge is 0.0470 e. The molecule has 0 saturated carbocycles. The van der Waals surface area contributed by atoms with Crippen LogP contribution in [0.1, 0.15) is 35.2 Å². The van der Waals surface area contributed by atoms with Gasteiger partial charge in [0.15, 0.2) is 0 Å². The number of aromatic nitrogens is 1. The molecule has 0 aliphatic heterocycles. The van der Waals surface area contributed by atoms with Crippen LogP contribution in [0.5, 0.6) is 0 Å². The molecule has 0 saturated heterocycles. The molecule has 1 heterocycles. The molecular weight excluding hydrogens is 220 g/mol. The number of benzene rings is 1. The number of rotatable bonds is 4. The normalized spacial score (nSPS) is 12.7. The van der Waals surface area contributed by atoms with Crippen LogP contribution in [0.2, 0.25) is 0 Å². The van der Waals surface area contributed by atoms with Gasteiger partial charge in [0, 0.05) is 25.0 Å². The summed E-state index contributed by atoms with van der Waals surface area (Å²) in [6, 6.07) is 9.28. The average molecular weight is 242 g/mol. The van der Waals surface area contributed by atoms with Crippen molar-refractivity contribution in [2.75, 3.05) is 7.05 Å². The van der Waals surface area contributed by atoms with E-state index in [2.05, 4.69) is 67.3 Å². The molecule has 0 amide bonds. The first kappa shape index (κ1) is 12.9. The number of nitrogens with one attached hydrogen (secondary N) is 1. The summed E-state index contributed by atoms with van der Waals surface area (Å²) >= 11 is 0. The van der Waals surface area contributed by atoms with E-state index in [9.17, 15) is 0 Å². The van der Waals surface area contributed by atoms with Gasteiger partial charge < -0.3 is 9.88 Å². The largest absolute Gasteiger partial charge is 0.350 e. The maximum absolute atomic E-state index is 3.26. The van der Waals surface area contributed by atoms with E-state index in [0.717, 1.165) is 6.54 Å². The van der Waals surface area contributed by atoms with E-state index in [1.165, 1.54) is 22.3 Å². The van der Waals surface area contributed by atoms with Gasteiger partial charge in [0.2, 0.25) is 0 Å². The van der Waals surface area contributed by atoms with E-state index in [-0.39, 0.29) is 0 Å². The van der Waals surface area contributed by atoms with Crippen LogP contribution in [-0.2, 0) is 6.54 Å². The van der Waals surface area contributed by atoms with Crippen molar-refractivity contribution in [3.05, 3.63) is 58.9 Å². The summed E-state index contributed by atoms with van der Waals surface area (Å²) in [7, 11) is 1.99. The first-order valence-electron chi connectivity index (χ1n) is 6.49. The minimum absolute atomic E-state index is 0.408. The summed E-state index contributed by atoms with van der Waals surface area (Å²) in [5.74, 6) is 0. The second kappa shape index (κ2) is 5.40. The van der Waals surface area contributed by atoms with E-state index in [0.29, 0.717) is 6.04 Å².